The van der Waals surface area contributed by atoms with Crippen molar-refractivity contribution in [3.63, 3.8) is 0 Å². The maximum absolute atomic E-state index is 12.7. The zero-order chi connectivity index (χ0) is 30.1. The summed E-state index contributed by atoms with van der Waals surface area (Å²) in [7, 11) is 0. The van der Waals surface area contributed by atoms with Gasteiger partial charge in [0.25, 0.3) is 0 Å². The van der Waals surface area contributed by atoms with Crippen molar-refractivity contribution >= 4 is 23.9 Å². The second-order valence-corrected chi connectivity index (χ2v) is 12.8. The molecule has 3 N–H and O–H groups in total. The normalized spacial score (nSPS) is 15.0. The minimum Gasteiger partial charge on any atom is -0.480 e. The van der Waals surface area contributed by atoms with Crippen LogP contribution >= 0.6 is 0 Å². The van der Waals surface area contributed by atoms with E-state index in [4.69, 9.17) is 19.9 Å². The molecule has 0 saturated carbocycles. The molecule has 220 valence electrons. The number of hydrogen-bond acceptors (Lipinski definition) is 8. The Bertz CT molecular complexity index is 1010. The fourth-order valence-electron chi connectivity index (χ4n) is 4.04. The average Bonchev–Trinajstić information content (AvgIpc) is 2.75. The van der Waals surface area contributed by atoms with Gasteiger partial charge in [-0.2, -0.15) is 0 Å². The fraction of sp³-hybridized carbons (Fsp3) is 0.667. The second kappa shape index (κ2) is 14.4. The topological polar surface area (TPSA) is 142 Å². The summed E-state index contributed by atoms with van der Waals surface area (Å²) in [6, 6.07) is 3.20. The van der Waals surface area contributed by atoms with Gasteiger partial charge in [-0.3, -0.25) is 19.2 Å². The highest BCUT2D eigenvalue weighted by molar-refractivity contribution is 5.78. The van der Waals surface area contributed by atoms with Crippen LogP contribution in [0.2, 0.25) is 0 Å². The van der Waals surface area contributed by atoms with Crippen LogP contribution in [-0.2, 0) is 23.9 Å². The van der Waals surface area contributed by atoms with E-state index in [2.05, 4.69) is 0 Å². The number of carbonyl (C=O) groups excluding carboxylic acids is 3. The Morgan fingerprint density at radius 3 is 1.87 bits per heavy atom. The number of rotatable bonds is 13. The Labute approximate surface area is 232 Å². The second-order valence-electron chi connectivity index (χ2n) is 12.8. The van der Waals surface area contributed by atoms with Crippen molar-refractivity contribution in [2.75, 3.05) is 0 Å². The lowest BCUT2D eigenvalue weighted by Crippen LogP contribution is -2.38. The zero-order valence-electron chi connectivity index (χ0n) is 25.0. The third-order valence-corrected chi connectivity index (χ3v) is 5.94. The lowest BCUT2D eigenvalue weighted by Gasteiger charge is -2.26. The number of carbonyl (C=O) groups is 4. The number of nitrogens with two attached hydrogens (primary N) is 1. The smallest absolute Gasteiger partial charge is 0.321 e. The Morgan fingerprint density at radius 2 is 1.41 bits per heavy atom. The van der Waals surface area contributed by atoms with Gasteiger partial charge in [0.1, 0.15) is 6.04 Å². The highest BCUT2D eigenvalue weighted by atomic mass is 16.6. The number of hydrogen-bond donors (Lipinski definition) is 2. The molecule has 0 aliphatic rings. The van der Waals surface area contributed by atoms with E-state index < -0.39 is 36.0 Å². The van der Waals surface area contributed by atoms with Gasteiger partial charge in [-0.15, -0.1) is 0 Å². The molecule has 0 spiro atoms. The third-order valence-electron chi connectivity index (χ3n) is 5.94. The van der Waals surface area contributed by atoms with Crippen LogP contribution < -0.4 is 15.2 Å². The summed E-state index contributed by atoms with van der Waals surface area (Å²) in [5.41, 5.74) is 5.85. The average molecular weight is 550 g/mol. The molecule has 39 heavy (non-hydrogen) atoms. The fourth-order valence-corrected chi connectivity index (χ4v) is 4.04. The van der Waals surface area contributed by atoms with E-state index >= 15 is 0 Å². The summed E-state index contributed by atoms with van der Waals surface area (Å²) in [6.45, 7) is 16.8. The molecule has 0 heterocycles. The Hall–Kier alpha value is -2.94. The molecular formula is C30H47NO8. The molecule has 9 nitrogen and oxygen atoms in total. The quantitative estimate of drug-likeness (QED) is 0.237. The summed E-state index contributed by atoms with van der Waals surface area (Å²) in [5.74, 6) is -3.64. The number of carboxylic acids is 1. The number of aliphatic carboxylic acids is 1. The highest BCUT2D eigenvalue weighted by Gasteiger charge is 2.31. The van der Waals surface area contributed by atoms with Crippen LogP contribution in [0.3, 0.4) is 0 Å². The summed E-state index contributed by atoms with van der Waals surface area (Å²) >= 11 is 0. The van der Waals surface area contributed by atoms with E-state index in [1.54, 1.807) is 19.9 Å². The largest absolute Gasteiger partial charge is 0.480 e. The van der Waals surface area contributed by atoms with Gasteiger partial charge in [0.05, 0.1) is 24.9 Å². The molecule has 0 aliphatic heterocycles. The van der Waals surface area contributed by atoms with Crippen molar-refractivity contribution in [1.29, 1.82) is 0 Å². The van der Waals surface area contributed by atoms with Crippen LogP contribution in [-0.4, -0.2) is 41.1 Å². The van der Waals surface area contributed by atoms with Crippen molar-refractivity contribution in [2.24, 2.45) is 22.5 Å². The molecule has 4 atom stereocenters. The van der Waals surface area contributed by atoms with E-state index in [0.717, 1.165) is 6.42 Å². The first-order valence-electron chi connectivity index (χ1n) is 13.6. The number of ether oxygens (including phenoxy) is 3. The molecule has 1 rings (SSSR count). The molecule has 0 fully saturated rings. The molecule has 0 bridgehead atoms. The first-order valence-corrected chi connectivity index (χ1v) is 13.6. The molecule has 1 aromatic carbocycles. The minimum absolute atomic E-state index is 0.00665. The summed E-state index contributed by atoms with van der Waals surface area (Å²) in [4.78, 5) is 49.6. The van der Waals surface area contributed by atoms with E-state index in [0.29, 0.717) is 12.0 Å². The number of carboxylic acid groups (broad SMARTS) is 1. The van der Waals surface area contributed by atoms with Crippen LogP contribution in [0.15, 0.2) is 18.2 Å². The van der Waals surface area contributed by atoms with E-state index in [1.165, 1.54) is 12.1 Å². The SMILES string of the molecule is CCCC(C)C(=O)OC(C)CC(c1ccc(OC(=O)CC(C)(C)C)c(OC(=O)CC(C)(C)C)c1)[C@H](N)C(=O)O. The first-order chi connectivity index (χ1) is 17.8. The van der Waals surface area contributed by atoms with Crippen molar-refractivity contribution in [2.45, 2.75) is 112 Å². The van der Waals surface area contributed by atoms with Crippen molar-refractivity contribution in [1.82, 2.24) is 0 Å². The van der Waals surface area contributed by atoms with Gasteiger partial charge in [-0.25, -0.2) is 0 Å². The highest BCUT2D eigenvalue weighted by Crippen LogP contribution is 2.36. The van der Waals surface area contributed by atoms with E-state index in [-0.39, 0.29) is 53.5 Å². The van der Waals surface area contributed by atoms with Gasteiger partial charge in [0.15, 0.2) is 11.5 Å². The molecular weight excluding hydrogens is 502 g/mol. The van der Waals surface area contributed by atoms with Crippen LogP contribution in [0.25, 0.3) is 0 Å². The van der Waals surface area contributed by atoms with Gasteiger partial charge >= 0.3 is 23.9 Å². The Balaban J connectivity index is 3.38. The summed E-state index contributed by atoms with van der Waals surface area (Å²) in [6.07, 6.45) is 1.26. The first kappa shape index (κ1) is 34.1. The summed E-state index contributed by atoms with van der Waals surface area (Å²) < 4.78 is 16.7. The monoisotopic (exact) mass is 549 g/mol. The molecule has 0 amide bonds. The van der Waals surface area contributed by atoms with Gasteiger partial charge < -0.3 is 25.1 Å². The molecule has 0 aromatic heterocycles. The standard InChI is InChI=1S/C30H47NO8/c1-10-11-18(2)28(36)37-19(3)14-21(26(31)27(34)35)20-12-13-22(38-24(32)16-29(4,5)6)23(15-20)39-25(33)17-30(7,8)9/h12-13,15,18-19,21,26H,10-11,14,16-17,31H2,1-9H3,(H,34,35)/t18?,19?,21?,26-/m0/s1. The molecule has 0 saturated heterocycles. The Morgan fingerprint density at radius 1 is 0.897 bits per heavy atom. The number of esters is 3. The molecule has 0 aliphatic carbocycles. The zero-order valence-corrected chi connectivity index (χ0v) is 25.0. The molecule has 1 aromatic rings. The van der Waals surface area contributed by atoms with E-state index in [1.807, 2.05) is 48.5 Å². The van der Waals surface area contributed by atoms with Gasteiger partial charge in [0.2, 0.25) is 0 Å². The predicted molar refractivity (Wildman–Crippen MR) is 148 cm³/mol. The lowest BCUT2D eigenvalue weighted by atomic mass is 9.87. The predicted octanol–water partition coefficient (Wildman–Crippen LogP) is 5.62. The van der Waals surface area contributed by atoms with Gasteiger partial charge in [-0.1, -0.05) is 67.9 Å². The third kappa shape index (κ3) is 12.6. The van der Waals surface area contributed by atoms with Crippen molar-refractivity contribution in [3.8, 4) is 11.5 Å². The van der Waals surface area contributed by atoms with E-state index in [9.17, 15) is 24.3 Å². The summed E-state index contributed by atoms with van der Waals surface area (Å²) in [5, 5.41) is 9.70. The van der Waals surface area contributed by atoms with Gasteiger partial charge in [0, 0.05) is 5.92 Å². The maximum atomic E-state index is 12.7. The minimum atomic E-state index is -1.33. The van der Waals surface area contributed by atoms with Crippen LogP contribution in [0.4, 0.5) is 0 Å². The van der Waals surface area contributed by atoms with Crippen molar-refractivity contribution in [3.05, 3.63) is 23.8 Å². The molecule has 0 radical (unpaired) electrons. The van der Waals surface area contributed by atoms with Crippen LogP contribution in [0, 0.1) is 16.7 Å². The van der Waals surface area contributed by atoms with Gasteiger partial charge in [-0.05, 0) is 48.3 Å². The lowest BCUT2D eigenvalue weighted by molar-refractivity contribution is -0.153. The van der Waals surface area contributed by atoms with Crippen molar-refractivity contribution < 1.29 is 38.5 Å². The number of benzene rings is 1. The van der Waals surface area contributed by atoms with Crippen LogP contribution in [0.5, 0.6) is 11.5 Å². The maximum Gasteiger partial charge on any atom is 0.321 e. The van der Waals surface area contributed by atoms with Crippen LogP contribution in [0.1, 0.15) is 106 Å². The molecule has 3 unspecified atom stereocenters. The molecule has 9 heteroatoms. The Kier molecular flexibility index (Phi) is 12.6.